The summed E-state index contributed by atoms with van der Waals surface area (Å²) in [6, 6.07) is 0.585. The first-order chi connectivity index (χ1) is 8.75. The van der Waals surface area contributed by atoms with Gasteiger partial charge in [-0.15, -0.1) is 0 Å². The summed E-state index contributed by atoms with van der Waals surface area (Å²) in [5.74, 6) is 1.23. The third-order valence-electron chi connectivity index (χ3n) is 4.88. The van der Waals surface area contributed by atoms with Crippen LogP contribution in [-0.4, -0.2) is 35.2 Å². The molecule has 1 rings (SSSR count). The van der Waals surface area contributed by atoms with E-state index in [1.165, 1.54) is 19.3 Å². The lowest BCUT2D eigenvalue weighted by atomic mass is 9.68. The summed E-state index contributed by atoms with van der Waals surface area (Å²) in [6.07, 6.45) is 4.49. The summed E-state index contributed by atoms with van der Waals surface area (Å²) in [7, 11) is 0. The van der Waals surface area contributed by atoms with Gasteiger partial charge in [-0.3, -0.25) is 0 Å². The lowest BCUT2D eigenvalue weighted by Crippen LogP contribution is -2.43. The van der Waals surface area contributed by atoms with Crippen LogP contribution < -0.4 is 0 Å². The van der Waals surface area contributed by atoms with Crippen molar-refractivity contribution in [2.24, 2.45) is 17.3 Å². The van der Waals surface area contributed by atoms with Gasteiger partial charge < -0.3 is 10.0 Å². The number of aliphatic hydroxyl groups excluding tert-OH is 1. The second-order valence-corrected chi connectivity index (χ2v) is 7.79. The predicted molar refractivity (Wildman–Crippen MR) is 83.3 cm³/mol. The van der Waals surface area contributed by atoms with Crippen molar-refractivity contribution in [3.63, 3.8) is 0 Å². The molecule has 19 heavy (non-hydrogen) atoms. The minimum Gasteiger partial charge on any atom is -0.393 e. The van der Waals surface area contributed by atoms with Crippen molar-refractivity contribution >= 4 is 0 Å². The van der Waals surface area contributed by atoms with Gasteiger partial charge in [0.1, 0.15) is 0 Å². The van der Waals surface area contributed by atoms with Crippen molar-refractivity contribution in [3.05, 3.63) is 0 Å². The van der Waals surface area contributed by atoms with E-state index in [0.717, 1.165) is 25.4 Å². The summed E-state index contributed by atoms with van der Waals surface area (Å²) < 4.78 is 0. The molecule has 114 valence electrons. The van der Waals surface area contributed by atoms with Crippen LogP contribution >= 0.6 is 0 Å². The minimum absolute atomic E-state index is 0.0864. The maximum atomic E-state index is 10.3. The highest BCUT2D eigenvalue weighted by Crippen LogP contribution is 2.40. The maximum Gasteiger partial charge on any atom is 0.0580 e. The second kappa shape index (κ2) is 7.08. The Morgan fingerprint density at radius 2 is 1.84 bits per heavy atom. The minimum atomic E-state index is -0.0864. The molecule has 0 radical (unpaired) electrons. The first-order valence-corrected chi connectivity index (χ1v) is 8.17. The average Bonchev–Trinajstić information content (AvgIpc) is 2.29. The van der Waals surface area contributed by atoms with E-state index in [1.54, 1.807) is 0 Å². The zero-order valence-corrected chi connectivity index (χ0v) is 13.9. The molecule has 1 fully saturated rings. The van der Waals surface area contributed by atoms with Crippen LogP contribution in [0, 0.1) is 17.3 Å². The molecule has 0 spiro atoms. The van der Waals surface area contributed by atoms with Gasteiger partial charge >= 0.3 is 0 Å². The third-order valence-corrected chi connectivity index (χ3v) is 4.88. The predicted octanol–water partition coefficient (Wildman–Crippen LogP) is 3.93. The standard InChI is InChI=1S/C17H35NO/c1-7-10-18(13(2)3)12-14-11-15(17(4,5)6)8-9-16(14)19/h13-16,19H,7-12H2,1-6H3. The van der Waals surface area contributed by atoms with E-state index >= 15 is 0 Å². The van der Waals surface area contributed by atoms with Gasteiger partial charge in [-0.25, -0.2) is 0 Å². The van der Waals surface area contributed by atoms with Crippen molar-refractivity contribution in [2.45, 2.75) is 79.4 Å². The molecule has 2 nitrogen and oxygen atoms in total. The molecule has 0 aromatic rings. The van der Waals surface area contributed by atoms with Gasteiger partial charge in [0, 0.05) is 12.6 Å². The molecule has 0 bridgehead atoms. The van der Waals surface area contributed by atoms with E-state index in [9.17, 15) is 5.11 Å². The quantitative estimate of drug-likeness (QED) is 0.817. The molecule has 3 atom stereocenters. The lowest BCUT2D eigenvalue weighted by Gasteiger charge is -2.42. The van der Waals surface area contributed by atoms with Crippen LogP contribution in [0.25, 0.3) is 0 Å². The summed E-state index contributed by atoms with van der Waals surface area (Å²) in [6.45, 7) is 16.0. The lowest BCUT2D eigenvalue weighted by molar-refractivity contribution is -0.00103. The highest BCUT2D eigenvalue weighted by atomic mass is 16.3. The SMILES string of the molecule is CCCN(CC1CC(C(C)(C)C)CCC1O)C(C)C. The Kier molecular flexibility index (Phi) is 6.32. The van der Waals surface area contributed by atoms with E-state index < -0.39 is 0 Å². The monoisotopic (exact) mass is 269 g/mol. The Hall–Kier alpha value is -0.0800. The molecule has 2 heteroatoms. The van der Waals surface area contributed by atoms with Crippen LogP contribution in [0.4, 0.5) is 0 Å². The van der Waals surface area contributed by atoms with Crippen molar-refractivity contribution in [1.82, 2.24) is 4.90 Å². The van der Waals surface area contributed by atoms with Crippen molar-refractivity contribution in [3.8, 4) is 0 Å². The van der Waals surface area contributed by atoms with Crippen LogP contribution in [0.1, 0.15) is 67.2 Å². The van der Waals surface area contributed by atoms with Crippen LogP contribution in [-0.2, 0) is 0 Å². The smallest absolute Gasteiger partial charge is 0.0580 e. The molecule has 1 N–H and O–H groups in total. The molecule has 1 saturated carbocycles. The Morgan fingerprint density at radius 1 is 1.21 bits per heavy atom. The van der Waals surface area contributed by atoms with E-state index in [4.69, 9.17) is 0 Å². The van der Waals surface area contributed by atoms with Crippen LogP contribution in [0.3, 0.4) is 0 Å². The van der Waals surface area contributed by atoms with Crippen LogP contribution in [0.5, 0.6) is 0 Å². The molecule has 0 saturated heterocycles. The van der Waals surface area contributed by atoms with E-state index in [2.05, 4.69) is 46.4 Å². The summed E-state index contributed by atoms with van der Waals surface area (Å²) in [5.41, 5.74) is 0.381. The van der Waals surface area contributed by atoms with Gasteiger partial charge in [0.05, 0.1) is 6.10 Å². The number of hydrogen-bond acceptors (Lipinski definition) is 2. The number of rotatable bonds is 5. The Morgan fingerprint density at radius 3 is 2.32 bits per heavy atom. The zero-order chi connectivity index (χ0) is 14.6. The van der Waals surface area contributed by atoms with Gasteiger partial charge in [0.25, 0.3) is 0 Å². The zero-order valence-electron chi connectivity index (χ0n) is 13.9. The highest BCUT2D eigenvalue weighted by molar-refractivity contribution is 4.87. The fourth-order valence-electron chi connectivity index (χ4n) is 3.38. The molecule has 1 aliphatic carbocycles. The summed E-state index contributed by atoms with van der Waals surface area (Å²) in [5, 5.41) is 10.3. The highest BCUT2D eigenvalue weighted by Gasteiger charge is 2.35. The Labute approximate surface area is 120 Å². The Bertz CT molecular complexity index is 256. The number of nitrogens with zero attached hydrogens (tertiary/aromatic N) is 1. The number of hydrogen-bond donors (Lipinski definition) is 1. The van der Waals surface area contributed by atoms with Crippen LogP contribution in [0.15, 0.2) is 0 Å². The first kappa shape index (κ1) is 17.0. The summed E-state index contributed by atoms with van der Waals surface area (Å²) >= 11 is 0. The first-order valence-electron chi connectivity index (χ1n) is 8.17. The van der Waals surface area contributed by atoms with Gasteiger partial charge in [0.15, 0.2) is 0 Å². The molecule has 0 aromatic heterocycles. The topological polar surface area (TPSA) is 23.5 Å². The largest absolute Gasteiger partial charge is 0.393 e. The van der Waals surface area contributed by atoms with Crippen molar-refractivity contribution in [2.75, 3.05) is 13.1 Å². The fraction of sp³-hybridized carbons (Fsp3) is 1.00. The van der Waals surface area contributed by atoms with Gasteiger partial charge in [-0.2, -0.15) is 0 Å². The molecule has 1 aliphatic rings. The maximum absolute atomic E-state index is 10.3. The van der Waals surface area contributed by atoms with E-state index in [1.807, 2.05) is 0 Å². The fourth-order valence-corrected chi connectivity index (χ4v) is 3.38. The molecule has 0 amide bonds. The molecular weight excluding hydrogens is 234 g/mol. The van der Waals surface area contributed by atoms with Crippen molar-refractivity contribution in [1.29, 1.82) is 0 Å². The second-order valence-electron chi connectivity index (χ2n) is 7.79. The van der Waals surface area contributed by atoms with Gasteiger partial charge in [-0.1, -0.05) is 27.7 Å². The molecule has 0 heterocycles. The van der Waals surface area contributed by atoms with E-state index in [0.29, 0.717) is 17.4 Å². The molecule has 0 aliphatic heterocycles. The molecular formula is C17H35NO. The van der Waals surface area contributed by atoms with E-state index in [-0.39, 0.29) is 6.10 Å². The molecule has 0 aromatic carbocycles. The van der Waals surface area contributed by atoms with Crippen LogP contribution in [0.2, 0.25) is 0 Å². The average molecular weight is 269 g/mol. The van der Waals surface area contributed by atoms with Gasteiger partial charge in [0.2, 0.25) is 0 Å². The van der Waals surface area contributed by atoms with Crippen molar-refractivity contribution < 1.29 is 5.11 Å². The normalized spacial score (nSPS) is 29.2. The number of aliphatic hydroxyl groups is 1. The third kappa shape index (κ3) is 5.07. The van der Waals surface area contributed by atoms with Gasteiger partial charge in [-0.05, 0) is 63.3 Å². The Balaban J connectivity index is 2.63. The summed E-state index contributed by atoms with van der Waals surface area (Å²) in [4.78, 5) is 2.54. The molecule has 3 unspecified atom stereocenters.